The first-order valence-electron chi connectivity index (χ1n) is 11.9. The third-order valence-corrected chi connectivity index (χ3v) is 6.42. The Morgan fingerprint density at radius 2 is 1.78 bits per heavy atom. The summed E-state index contributed by atoms with van der Waals surface area (Å²) in [6, 6.07) is 22.4. The molecule has 1 amide bonds. The number of thiocarbonyl (C=S) groups is 1. The molecule has 3 aromatic carbocycles. The van der Waals surface area contributed by atoms with Crippen LogP contribution in [-0.2, 0) is 4.79 Å². The summed E-state index contributed by atoms with van der Waals surface area (Å²) in [4.78, 5) is 16.1. The first kappa shape index (κ1) is 25.1. The molecular weight excluding hydrogens is 470 g/mol. The molecule has 8 heteroatoms. The molecule has 1 atom stereocenters. The van der Waals surface area contributed by atoms with E-state index < -0.39 is 6.04 Å². The van der Waals surface area contributed by atoms with Gasteiger partial charge < -0.3 is 31.3 Å². The maximum absolute atomic E-state index is 13.9. The van der Waals surface area contributed by atoms with Gasteiger partial charge in [-0.25, -0.2) is 0 Å². The van der Waals surface area contributed by atoms with Crippen molar-refractivity contribution in [3.63, 3.8) is 0 Å². The number of nitrogens with one attached hydrogen (secondary N) is 3. The first-order chi connectivity index (χ1) is 17.4. The summed E-state index contributed by atoms with van der Waals surface area (Å²) >= 11 is 5.56. The zero-order valence-electron chi connectivity index (χ0n) is 20.7. The van der Waals surface area contributed by atoms with Crippen LogP contribution < -0.4 is 31.3 Å². The maximum Gasteiger partial charge on any atom is 0.256 e. The second-order valence-electron chi connectivity index (χ2n) is 8.36. The van der Waals surface area contributed by atoms with E-state index in [1.54, 1.807) is 25.3 Å². The van der Waals surface area contributed by atoms with Crippen LogP contribution in [0, 0.1) is 0 Å². The lowest BCUT2D eigenvalue weighted by Crippen LogP contribution is -2.45. The van der Waals surface area contributed by atoms with Gasteiger partial charge in [-0.05, 0) is 68.0 Å². The van der Waals surface area contributed by atoms with Crippen molar-refractivity contribution in [2.45, 2.75) is 19.9 Å². The van der Waals surface area contributed by atoms with Gasteiger partial charge in [0.25, 0.3) is 5.91 Å². The van der Waals surface area contributed by atoms with Crippen LogP contribution in [-0.4, -0.2) is 31.2 Å². The van der Waals surface area contributed by atoms with Gasteiger partial charge in [-0.2, -0.15) is 0 Å². The van der Waals surface area contributed by atoms with Crippen LogP contribution in [0.4, 0.5) is 17.1 Å². The van der Waals surface area contributed by atoms with Gasteiger partial charge >= 0.3 is 0 Å². The van der Waals surface area contributed by atoms with Crippen LogP contribution >= 0.6 is 12.2 Å². The Kier molecular flexibility index (Phi) is 7.75. The van der Waals surface area contributed by atoms with Crippen LogP contribution in [0.3, 0.4) is 0 Å². The molecule has 4 rings (SSSR count). The number of hydrogen-bond acceptors (Lipinski definition) is 5. The Morgan fingerprint density at radius 3 is 2.44 bits per heavy atom. The number of rotatable bonds is 8. The molecule has 186 valence electrons. The molecule has 0 aliphatic carbocycles. The number of hydrogen-bond donors (Lipinski definition) is 4. The molecule has 7 nitrogen and oxygen atoms in total. The number of para-hydroxylation sites is 2. The fraction of sp³-hybridized carbons (Fsp3) is 0.214. The second kappa shape index (κ2) is 11.1. The van der Waals surface area contributed by atoms with E-state index in [-0.39, 0.29) is 5.91 Å². The lowest BCUT2D eigenvalue weighted by molar-refractivity contribution is -0.113. The molecule has 1 heterocycles. The molecular formula is C28H31N5O2S. The predicted molar refractivity (Wildman–Crippen MR) is 151 cm³/mol. The SMILES string of the molecule is CCN(CC)c1ccc(C2NC(=S)NC(c3cccc(N)c3)=C2C(=O)Nc2ccccc2OC)cc1. The highest BCUT2D eigenvalue weighted by Crippen LogP contribution is 2.34. The summed E-state index contributed by atoms with van der Waals surface area (Å²) in [7, 11) is 1.57. The van der Waals surface area contributed by atoms with Crippen molar-refractivity contribution in [2.75, 3.05) is 36.1 Å². The topological polar surface area (TPSA) is 91.6 Å². The minimum absolute atomic E-state index is 0.280. The largest absolute Gasteiger partial charge is 0.495 e. The molecule has 3 aromatic rings. The van der Waals surface area contributed by atoms with Gasteiger partial charge in [0.05, 0.1) is 30.1 Å². The Bertz CT molecular complexity index is 1290. The average molecular weight is 502 g/mol. The number of benzene rings is 3. The highest BCUT2D eigenvalue weighted by molar-refractivity contribution is 7.80. The van der Waals surface area contributed by atoms with Crippen LogP contribution in [0.5, 0.6) is 5.75 Å². The van der Waals surface area contributed by atoms with Gasteiger partial charge in [0, 0.05) is 30.0 Å². The summed E-state index contributed by atoms with van der Waals surface area (Å²) in [5.41, 5.74) is 11.2. The number of methoxy groups -OCH3 is 1. The molecule has 0 saturated carbocycles. The number of carbonyl (C=O) groups excluding carboxylic acids is 1. The van der Waals surface area contributed by atoms with Crippen molar-refractivity contribution < 1.29 is 9.53 Å². The minimum Gasteiger partial charge on any atom is -0.495 e. The molecule has 5 N–H and O–H groups in total. The molecule has 1 unspecified atom stereocenters. The molecule has 0 radical (unpaired) electrons. The minimum atomic E-state index is -0.476. The molecule has 1 aliphatic heterocycles. The number of ether oxygens (including phenoxy) is 1. The quantitative estimate of drug-likeness (QED) is 0.263. The van der Waals surface area contributed by atoms with Crippen LogP contribution in [0.1, 0.15) is 31.0 Å². The molecule has 0 saturated heterocycles. The van der Waals surface area contributed by atoms with Crippen molar-refractivity contribution in [1.82, 2.24) is 10.6 Å². The average Bonchev–Trinajstić information content (AvgIpc) is 2.89. The van der Waals surface area contributed by atoms with E-state index >= 15 is 0 Å². The Balaban J connectivity index is 1.82. The number of amides is 1. The first-order valence-corrected chi connectivity index (χ1v) is 12.3. The van der Waals surface area contributed by atoms with E-state index in [2.05, 4.69) is 46.8 Å². The van der Waals surface area contributed by atoms with Crippen molar-refractivity contribution in [2.24, 2.45) is 0 Å². The third-order valence-electron chi connectivity index (χ3n) is 6.20. The standard InChI is InChI=1S/C28H31N5O2S/c1-4-33(5-2)21-15-13-18(14-16-21)25-24(27(34)30-22-11-6-7-12-23(22)35-3)26(32-28(36)31-25)19-9-8-10-20(29)17-19/h6-17,25H,4-5,29H2,1-3H3,(H,30,34)(H2,31,32,36). The fourth-order valence-electron chi connectivity index (χ4n) is 4.38. The van der Waals surface area contributed by atoms with Crippen molar-refractivity contribution in [1.29, 1.82) is 0 Å². The Labute approximate surface area is 217 Å². The maximum atomic E-state index is 13.9. The number of nitrogens with zero attached hydrogens (tertiary/aromatic N) is 1. The summed E-state index contributed by atoms with van der Waals surface area (Å²) in [5, 5.41) is 9.94. The molecule has 0 fully saturated rings. The molecule has 0 bridgehead atoms. The van der Waals surface area contributed by atoms with E-state index in [9.17, 15) is 4.79 Å². The van der Waals surface area contributed by atoms with E-state index in [1.165, 1.54) is 0 Å². The van der Waals surface area contributed by atoms with Crippen LogP contribution in [0.25, 0.3) is 5.70 Å². The van der Waals surface area contributed by atoms with Gasteiger partial charge in [0.2, 0.25) is 0 Å². The third kappa shape index (κ3) is 5.28. The Morgan fingerprint density at radius 1 is 1.06 bits per heavy atom. The Hall–Kier alpha value is -4.04. The van der Waals surface area contributed by atoms with Crippen molar-refractivity contribution in [3.05, 3.63) is 89.5 Å². The second-order valence-corrected chi connectivity index (χ2v) is 8.77. The van der Waals surface area contributed by atoms with Gasteiger partial charge in [0.1, 0.15) is 5.75 Å². The monoisotopic (exact) mass is 501 g/mol. The number of nitrogens with two attached hydrogens (primary N) is 1. The normalized spacial score (nSPS) is 15.1. The number of carbonyl (C=O) groups is 1. The predicted octanol–water partition coefficient (Wildman–Crippen LogP) is 4.69. The van der Waals surface area contributed by atoms with E-state index in [1.807, 2.05) is 42.5 Å². The molecule has 0 spiro atoms. The van der Waals surface area contributed by atoms with Crippen LogP contribution in [0.15, 0.2) is 78.4 Å². The summed E-state index contributed by atoms with van der Waals surface area (Å²) < 4.78 is 5.44. The summed E-state index contributed by atoms with van der Waals surface area (Å²) in [6.07, 6.45) is 0. The molecule has 36 heavy (non-hydrogen) atoms. The smallest absolute Gasteiger partial charge is 0.256 e. The summed E-state index contributed by atoms with van der Waals surface area (Å²) in [6.45, 7) is 6.09. The van der Waals surface area contributed by atoms with Crippen molar-refractivity contribution in [3.8, 4) is 5.75 Å². The zero-order chi connectivity index (χ0) is 25.7. The lowest BCUT2D eigenvalue weighted by atomic mass is 9.91. The van der Waals surface area contributed by atoms with E-state index in [4.69, 9.17) is 22.7 Å². The van der Waals surface area contributed by atoms with E-state index in [0.29, 0.717) is 33.5 Å². The van der Waals surface area contributed by atoms with Crippen LogP contribution in [0.2, 0.25) is 0 Å². The highest BCUT2D eigenvalue weighted by Gasteiger charge is 2.32. The lowest BCUT2D eigenvalue weighted by Gasteiger charge is -2.32. The zero-order valence-corrected chi connectivity index (χ0v) is 21.5. The number of anilines is 3. The molecule has 0 aromatic heterocycles. The van der Waals surface area contributed by atoms with Gasteiger partial charge in [0.15, 0.2) is 5.11 Å². The molecule has 1 aliphatic rings. The van der Waals surface area contributed by atoms with Gasteiger partial charge in [-0.1, -0.05) is 36.4 Å². The fourth-order valence-corrected chi connectivity index (χ4v) is 4.60. The van der Waals surface area contributed by atoms with Gasteiger partial charge in [-0.3, -0.25) is 4.79 Å². The van der Waals surface area contributed by atoms with E-state index in [0.717, 1.165) is 29.9 Å². The highest BCUT2D eigenvalue weighted by atomic mass is 32.1. The van der Waals surface area contributed by atoms with Gasteiger partial charge in [-0.15, -0.1) is 0 Å². The summed E-state index contributed by atoms with van der Waals surface area (Å²) in [5.74, 6) is 0.293. The van der Waals surface area contributed by atoms with Crippen molar-refractivity contribution >= 4 is 46.0 Å². The number of nitrogen functional groups attached to an aromatic ring is 1.